The first kappa shape index (κ1) is 12.1. The summed E-state index contributed by atoms with van der Waals surface area (Å²) in [6, 6.07) is 2.43. The highest BCUT2D eigenvalue weighted by Gasteiger charge is 2.37. The Bertz CT molecular complexity index is 428. The van der Waals surface area contributed by atoms with Crippen LogP contribution in [-0.4, -0.2) is 32.5 Å². The summed E-state index contributed by atoms with van der Waals surface area (Å²) in [7, 11) is 1.89. The van der Waals surface area contributed by atoms with Gasteiger partial charge < -0.3 is 0 Å². The van der Waals surface area contributed by atoms with Crippen molar-refractivity contribution >= 4 is 0 Å². The highest BCUT2D eigenvalue weighted by atomic mass is 15.4. The fourth-order valence-corrected chi connectivity index (χ4v) is 2.59. The van der Waals surface area contributed by atoms with Crippen LogP contribution in [-0.2, 0) is 13.6 Å². The van der Waals surface area contributed by atoms with Gasteiger partial charge >= 0.3 is 0 Å². The van der Waals surface area contributed by atoms with Gasteiger partial charge in [0.15, 0.2) is 0 Å². The lowest BCUT2D eigenvalue weighted by atomic mass is 9.77. The zero-order chi connectivity index (χ0) is 12.5. The van der Waals surface area contributed by atoms with Crippen LogP contribution in [0.4, 0.5) is 0 Å². The first-order chi connectivity index (χ1) is 8.04. The zero-order valence-corrected chi connectivity index (χ0v) is 10.7. The van der Waals surface area contributed by atoms with Gasteiger partial charge in [-0.15, -0.1) is 5.10 Å². The van der Waals surface area contributed by atoms with Crippen LogP contribution < -0.4 is 0 Å². The quantitative estimate of drug-likeness (QED) is 0.773. The molecule has 1 aliphatic rings. The Labute approximate surface area is 102 Å². The molecule has 0 aliphatic carbocycles. The number of hydrogen-bond donors (Lipinski definition) is 0. The van der Waals surface area contributed by atoms with E-state index in [0.717, 1.165) is 31.6 Å². The van der Waals surface area contributed by atoms with Crippen LogP contribution in [0.25, 0.3) is 0 Å². The Balaban J connectivity index is 2.15. The van der Waals surface area contributed by atoms with Crippen molar-refractivity contribution in [2.24, 2.45) is 12.5 Å². The lowest BCUT2D eigenvalue weighted by molar-refractivity contribution is 0.0643. The molecule has 1 saturated heterocycles. The molecule has 0 bridgehead atoms. The Hall–Kier alpha value is -1.41. The highest BCUT2D eigenvalue weighted by Crippen LogP contribution is 2.35. The van der Waals surface area contributed by atoms with Crippen LogP contribution in [0, 0.1) is 16.7 Å². The molecule has 1 aromatic heterocycles. The summed E-state index contributed by atoms with van der Waals surface area (Å²) in [4.78, 5) is 2.24. The van der Waals surface area contributed by atoms with E-state index >= 15 is 0 Å². The molecule has 0 N–H and O–H groups in total. The Morgan fingerprint density at radius 2 is 2.35 bits per heavy atom. The fraction of sp³-hybridized carbons (Fsp3) is 0.750. The van der Waals surface area contributed by atoms with Crippen LogP contribution in [0.5, 0.6) is 0 Å². The number of hydrogen-bond acceptors (Lipinski definition) is 4. The third-order valence-corrected chi connectivity index (χ3v) is 3.67. The first-order valence-electron chi connectivity index (χ1n) is 6.02. The molecular formula is C12H19N5. The van der Waals surface area contributed by atoms with Gasteiger partial charge in [-0.1, -0.05) is 19.1 Å². The molecule has 0 saturated carbocycles. The SMILES string of the molecule is Cn1nncc1CN1CCCC(C)(C)[C@H]1C#N. The van der Waals surface area contributed by atoms with Gasteiger partial charge in [0.25, 0.3) is 0 Å². The van der Waals surface area contributed by atoms with E-state index in [1.54, 1.807) is 10.9 Å². The van der Waals surface area contributed by atoms with E-state index in [-0.39, 0.29) is 11.5 Å². The maximum absolute atomic E-state index is 9.37. The largest absolute Gasteiger partial charge is 0.282 e. The van der Waals surface area contributed by atoms with E-state index in [4.69, 9.17) is 0 Å². The molecule has 92 valence electrons. The molecule has 1 atom stereocenters. The van der Waals surface area contributed by atoms with Gasteiger partial charge in [-0.3, -0.25) is 9.58 Å². The lowest BCUT2D eigenvalue weighted by Gasteiger charge is -2.42. The van der Waals surface area contributed by atoms with Crippen LogP contribution in [0.15, 0.2) is 6.20 Å². The van der Waals surface area contributed by atoms with Crippen molar-refractivity contribution in [2.45, 2.75) is 39.3 Å². The second-order valence-electron chi connectivity index (χ2n) is 5.44. The normalized spacial score (nSPS) is 24.5. The summed E-state index contributed by atoms with van der Waals surface area (Å²) in [5, 5.41) is 17.2. The van der Waals surface area contributed by atoms with Crippen molar-refractivity contribution in [2.75, 3.05) is 6.54 Å². The minimum absolute atomic E-state index is 0.0221. The van der Waals surface area contributed by atoms with E-state index in [9.17, 15) is 5.26 Å². The second kappa shape index (κ2) is 4.46. The van der Waals surface area contributed by atoms with Crippen LogP contribution >= 0.6 is 0 Å². The van der Waals surface area contributed by atoms with Crippen LogP contribution in [0.3, 0.4) is 0 Å². The minimum Gasteiger partial charge on any atom is -0.282 e. The average molecular weight is 233 g/mol. The van der Waals surface area contributed by atoms with E-state index in [2.05, 4.69) is 35.1 Å². The Morgan fingerprint density at radius 1 is 1.59 bits per heavy atom. The molecule has 1 aliphatic heterocycles. The smallest absolute Gasteiger partial charge is 0.103 e. The molecule has 0 unspecified atom stereocenters. The summed E-state index contributed by atoms with van der Waals surface area (Å²) >= 11 is 0. The number of aryl methyl sites for hydroxylation is 1. The van der Waals surface area contributed by atoms with E-state index < -0.39 is 0 Å². The number of likely N-dealkylation sites (tertiary alicyclic amines) is 1. The number of nitriles is 1. The molecular weight excluding hydrogens is 214 g/mol. The molecule has 5 nitrogen and oxygen atoms in total. The van der Waals surface area contributed by atoms with E-state index in [1.807, 2.05) is 7.05 Å². The topological polar surface area (TPSA) is 57.7 Å². The van der Waals surface area contributed by atoms with Crippen molar-refractivity contribution in [1.82, 2.24) is 19.9 Å². The molecule has 0 spiro atoms. The van der Waals surface area contributed by atoms with E-state index in [1.165, 1.54) is 0 Å². The van der Waals surface area contributed by atoms with Gasteiger partial charge in [0.1, 0.15) is 6.04 Å². The van der Waals surface area contributed by atoms with Gasteiger partial charge in [-0.05, 0) is 24.8 Å². The molecule has 0 amide bonds. The third-order valence-electron chi connectivity index (χ3n) is 3.67. The predicted octanol–water partition coefficient (Wildman–Crippen LogP) is 1.33. The standard InChI is InChI=1S/C12H19N5/c1-12(2)5-4-6-17(11(12)7-13)9-10-8-14-15-16(10)3/h8,11H,4-6,9H2,1-3H3/t11-/m1/s1. The summed E-state index contributed by atoms with van der Waals surface area (Å²) in [6.45, 7) is 6.08. The van der Waals surface area contributed by atoms with Gasteiger partial charge in [0, 0.05) is 13.6 Å². The zero-order valence-electron chi connectivity index (χ0n) is 10.7. The summed E-state index contributed by atoms with van der Waals surface area (Å²) < 4.78 is 1.77. The van der Waals surface area contributed by atoms with Crippen LogP contribution in [0.1, 0.15) is 32.4 Å². The minimum atomic E-state index is -0.0221. The monoisotopic (exact) mass is 233 g/mol. The highest BCUT2D eigenvalue weighted by molar-refractivity contribution is 5.06. The molecule has 2 heterocycles. The molecule has 0 aromatic carbocycles. The summed E-state index contributed by atoms with van der Waals surface area (Å²) in [6.07, 6.45) is 4.04. The third kappa shape index (κ3) is 2.32. The Kier molecular flexibility index (Phi) is 3.16. The number of nitrogens with zero attached hydrogens (tertiary/aromatic N) is 5. The van der Waals surface area contributed by atoms with Crippen molar-refractivity contribution in [1.29, 1.82) is 5.26 Å². The van der Waals surface area contributed by atoms with Gasteiger partial charge in [0.05, 0.1) is 18.0 Å². The number of rotatable bonds is 2. The number of piperidine rings is 1. The molecule has 2 rings (SSSR count). The fourth-order valence-electron chi connectivity index (χ4n) is 2.59. The average Bonchev–Trinajstić information content (AvgIpc) is 2.64. The predicted molar refractivity (Wildman–Crippen MR) is 63.8 cm³/mol. The summed E-state index contributed by atoms with van der Waals surface area (Å²) in [5.74, 6) is 0. The Morgan fingerprint density at radius 3 is 2.94 bits per heavy atom. The van der Waals surface area contributed by atoms with Gasteiger partial charge in [0.2, 0.25) is 0 Å². The maximum Gasteiger partial charge on any atom is 0.103 e. The molecule has 5 heteroatoms. The van der Waals surface area contributed by atoms with Crippen molar-refractivity contribution in [3.05, 3.63) is 11.9 Å². The first-order valence-corrected chi connectivity index (χ1v) is 6.02. The number of aromatic nitrogens is 3. The molecule has 0 radical (unpaired) electrons. The van der Waals surface area contributed by atoms with Crippen molar-refractivity contribution in [3.8, 4) is 6.07 Å². The molecule has 17 heavy (non-hydrogen) atoms. The van der Waals surface area contributed by atoms with Crippen LogP contribution in [0.2, 0.25) is 0 Å². The lowest BCUT2D eigenvalue weighted by Crippen LogP contribution is -2.48. The van der Waals surface area contributed by atoms with Crippen molar-refractivity contribution < 1.29 is 0 Å². The van der Waals surface area contributed by atoms with Crippen molar-refractivity contribution in [3.63, 3.8) is 0 Å². The van der Waals surface area contributed by atoms with Gasteiger partial charge in [-0.25, -0.2) is 0 Å². The second-order valence-corrected chi connectivity index (χ2v) is 5.44. The van der Waals surface area contributed by atoms with E-state index in [0.29, 0.717) is 0 Å². The molecule has 1 fully saturated rings. The summed E-state index contributed by atoms with van der Waals surface area (Å²) in [5.41, 5.74) is 1.13. The van der Waals surface area contributed by atoms with Gasteiger partial charge in [-0.2, -0.15) is 5.26 Å². The molecule has 1 aromatic rings. The maximum atomic E-state index is 9.37.